The smallest absolute Gasteiger partial charge is 0.116 e. The second-order valence-electron chi connectivity index (χ2n) is 4.19. The average Bonchev–Trinajstić information content (AvgIpc) is 2.55. The van der Waals surface area contributed by atoms with Crippen molar-refractivity contribution in [2.24, 2.45) is 0 Å². The summed E-state index contributed by atoms with van der Waals surface area (Å²) in [6, 6.07) is 4.12. The molecule has 0 saturated carbocycles. The van der Waals surface area contributed by atoms with E-state index in [0.29, 0.717) is 5.92 Å². The number of hydrogen-bond acceptors (Lipinski definition) is 2. The van der Waals surface area contributed by atoms with Crippen LogP contribution >= 0.6 is 0 Å². The van der Waals surface area contributed by atoms with Crippen molar-refractivity contribution in [1.29, 1.82) is 0 Å². The molecule has 3 heteroatoms. The van der Waals surface area contributed by atoms with Gasteiger partial charge in [-0.3, -0.25) is 0 Å². The number of pyridine rings is 1. The van der Waals surface area contributed by atoms with Gasteiger partial charge in [-0.15, -0.1) is 0 Å². The first kappa shape index (κ1) is 10.2. The fourth-order valence-corrected chi connectivity index (χ4v) is 1.80. The maximum Gasteiger partial charge on any atom is 0.116 e. The largest absolute Gasteiger partial charge is 0.390 e. The van der Waals surface area contributed by atoms with Crippen molar-refractivity contribution in [1.82, 2.24) is 9.38 Å². The third-order valence-electron chi connectivity index (χ3n) is 2.57. The molecule has 2 heterocycles. The first-order valence-corrected chi connectivity index (χ1v) is 5.22. The Morgan fingerprint density at radius 3 is 2.80 bits per heavy atom. The van der Waals surface area contributed by atoms with Gasteiger partial charge in [-0.25, -0.2) is 4.98 Å². The molecule has 15 heavy (non-hydrogen) atoms. The molecule has 0 aliphatic rings. The van der Waals surface area contributed by atoms with Gasteiger partial charge >= 0.3 is 0 Å². The van der Waals surface area contributed by atoms with E-state index in [-0.39, 0.29) is 6.61 Å². The summed E-state index contributed by atoms with van der Waals surface area (Å²) >= 11 is 0. The molecular weight excluding hydrogens is 188 g/mol. The molecule has 2 aromatic heterocycles. The summed E-state index contributed by atoms with van der Waals surface area (Å²) in [6.45, 7) is 6.26. The second kappa shape index (κ2) is 3.66. The van der Waals surface area contributed by atoms with Gasteiger partial charge < -0.3 is 9.51 Å². The average molecular weight is 204 g/mol. The van der Waals surface area contributed by atoms with E-state index in [1.54, 1.807) is 0 Å². The lowest BCUT2D eigenvalue weighted by Crippen LogP contribution is -1.96. The molecular formula is C12H16N2O. The first-order valence-electron chi connectivity index (χ1n) is 5.22. The fourth-order valence-electron chi connectivity index (χ4n) is 1.80. The molecule has 2 rings (SSSR count). The van der Waals surface area contributed by atoms with Crippen LogP contribution in [0.15, 0.2) is 18.3 Å². The Labute approximate surface area is 89.4 Å². The Balaban J connectivity index is 2.75. The predicted octanol–water partition coefficient (Wildman–Crippen LogP) is 2.26. The second-order valence-corrected chi connectivity index (χ2v) is 4.19. The van der Waals surface area contributed by atoms with Crippen LogP contribution in [0.4, 0.5) is 0 Å². The van der Waals surface area contributed by atoms with E-state index < -0.39 is 0 Å². The number of imidazole rings is 1. The van der Waals surface area contributed by atoms with E-state index in [9.17, 15) is 5.11 Å². The summed E-state index contributed by atoms with van der Waals surface area (Å²) in [7, 11) is 0. The van der Waals surface area contributed by atoms with E-state index in [2.05, 4.69) is 35.4 Å². The molecule has 2 aromatic rings. The molecule has 0 spiro atoms. The van der Waals surface area contributed by atoms with Crippen molar-refractivity contribution in [3.8, 4) is 0 Å². The van der Waals surface area contributed by atoms with E-state index >= 15 is 0 Å². The summed E-state index contributed by atoms with van der Waals surface area (Å²) in [5.41, 5.74) is 2.97. The van der Waals surface area contributed by atoms with Crippen molar-refractivity contribution >= 4 is 5.52 Å². The fraction of sp³-hybridized carbons (Fsp3) is 0.417. The van der Waals surface area contributed by atoms with Crippen molar-refractivity contribution in [3.05, 3.63) is 35.4 Å². The maximum atomic E-state index is 9.25. The number of aliphatic hydroxyl groups excluding tert-OH is 1. The van der Waals surface area contributed by atoms with Crippen LogP contribution in [-0.4, -0.2) is 14.5 Å². The van der Waals surface area contributed by atoms with E-state index in [1.165, 1.54) is 5.56 Å². The maximum absolute atomic E-state index is 9.25. The highest BCUT2D eigenvalue weighted by Gasteiger charge is 2.12. The van der Waals surface area contributed by atoms with Gasteiger partial charge in [-0.2, -0.15) is 0 Å². The highest BCUT2D eigenvalue weighted by Crippen LogP contribution is 2.20. The number of aryl methyl sites for hydroxylation is 1. The van der Waals surface area contributed by atoms with E-state index in [0.717, 1.165) is 17.0 Å². The van der Waals surface area contributed by atoms with Crippen LogP contribution in [0.5, 0.6) is 0 Å². The van der Waals surface area contributed by atoms with Crippen molar-refractivity contribution in [2.45, 2.75) is 33.3 Å². The molecule has 1 N–H and O–H groups in total. The van der Waals surface area contributed by atoms with Gasteiger partial charge in [0.15, 0.2) is 0 Å². The molecule has 80 valence electrons. The SMILES string of the molecule is Cc1ccn2c(C(C)C)nc(CO)c2c1. The molecule has 0 bridgehead atoms. The minimum atomic E-state index is -0.000324. The zero-order valence-corrected chi connectivity index (χ0v) is 9.36. The quantitative estimate of drug-likeness (QED) is 0.814. The van der Waals surface area contributed by atoms with Crippen LogP contribution in [0.2, 0.25) is 0 Å². The minimum absolute atomic E-state index is 0.000324. The molecule has 0 unspecified atom stereocenters. The van der Waals surface area contributed by atoms with Crippen molar-refractivity contribution in [3.63, 3.8) is 0 Å². The number of hydrogen-bond donors (Lipinski definition) is 1. The molecule has 0 radical (unpaired) electrons. The highest BCUT2D eigenvalue weighted by atomic mass is 16.3. The Morgan fingerprint density at radius 2 is 2.20 bits per heavy atom. The Morgan fingerprint density at radius 1 is 1.47 bits per heavy atom. The lowest BCUT2D eigenvalue weighted by atomic mass is 10.2. The molecule has 0 amide bonds. The standard InChI is InChI=1S/C12H16N2O/c1-8(2)12-13-10(7-15)11-6-9(3)4-5-14(11)12/h4-6,8,15H,7H2,1-3H3. The van der Waals surface area contributed by atoms with Crippen LogP contribution in [0, 0.1) is 6.92 Å². The lowest BCUT2D eigenvalue weighted by Gasteiger charge is -2.03. The van der Waals surface area contributed by atoms with Crippen molar-refractivity contribution < 1.29 is 5.11 Å². The van der Waals surface area contributed by atoms with Gasteiger partial charge in [0.05, 0.1) is 17.8 Å². The topological polar surface area (TPSA) is 37.5 Å². The van der Waals surface area contributed by atoms with Gasteiger partial charge in [-0.1, -0.05) is 13.8 Å². The molecule has 0 aliphatic heterocycles. The number of aromatic nitrogens is 2. The zero-order valence-electron chi connectivity index (χ0n) is 9.36. The number of aliphatic hydroxyl groups is 1. The Kier molecular flexibility index (Phi) is 2.49. The summed E-state index contributed by atoms with van der Waals surface area (Å²) in [5.74, 6) is 1.37. The van der Waals surface area contributed by atoms with Crippen LogP contribution in [0.25, 0.3) is 5.52 Å². The number of rotatable bonds is 2. The van der Waals surface area contributed by atoms with Crippen molar-refractivity contribution in [2.75, 3.05) is 0 Å². The van der Waals surface area contributed by atoms with Crippen LogP contribution < -0.4 is 0 Å². The molecule has 0 fully saturated rings. The highest BCUT2D eigenvalue weighted by molar-refractivity contribution is 5.55. The first-order chi connectivity index (χ1) is 7.13. The van der Waals surface area contributed by atoms with E-state index in [1.807, 2.05) is 13.1 Å². The summed E-state index contributed by atoms with van der Waals surface area (Å²) < 4.78 is 2.06. The molecule has 3 nitrogen and oxygen atoms in total. The summed E-state index contributed by atoms with van der Waals surface area (Å²) in [6.07, 6.45) is 2.02. The van der Waals surface area contributed by atoms with Gasteiger partial charge in [0, 0.05) is 12.1 Å². The van der Waals surface area contributed by atoms with Gasteiger partial charge in [-0.05, 0) is 24.6 Å². The van der Waals surface area contributed by atoms with Gasteiger partial charge in [0.1, 0.15) is 5.82 Å². The Hall–Kier alpha value is -1.35. The predicted molar refractivity (Wildman–Crippen MR) is 59.9 cm³/mol. The summed E-state index contributed by atoms with van der Waals surface area (Å²) in [4.78, 5) is 4.46. The monoisotopic (exact) mass is 204 g/mol. The Bertz CT molecular complexity index is 486. The van der Waals surface area contributed by atoms with Crippen LogP contribution in [-0.2, 0) is 6.61 Å². The molecule has 0 saturated heterocycles. The van der Waals surface area contributed by atoms with Crippen LogP contribution in [0.1, 0.15) is 36.8 Å². The van der Waals surface area contributed by atoms with Crippen LogP contribution in [0.3, 0.4) is 0 Å². The number of fused-ring (bicyclic) bond motifs is 1. The summed E-state index contributed by atoms with van der Waals surface area (Å²) in [5, 5.41) is 9.25. The third-order valence-corrected chi connectivity index (χ3v) is 2.57. The van der Waals surface area contributed by atoms with E-state index in [4.69, 9.17) is 0 Å². The van der Waals surface area contributed by atoms with Gasteiger partial charge in [0.2, 0.25) is 0 Å². The lowest BCUT2D eigenvalue weighted by molar-refractivity contribution is 0.278. The normalized spacial score (nSPS) is 11.5. The molecule has 0 atom stereocenters. The third kappa shape index (κ3) is 1.63. The molecule has 0 aromatic carbocycles. The minimum Gasteiger partial charge on any atom is -0.390 e. The number of nitrogens with zero attached hydrogens (tertiary/aromatic N) is 2. The zero-order chi connectivity index (χ0) is 11.0. The molecule has 0 aliphatic carbocycles. The van der Waals surface area contributed by atoms with Gasteiger partial charge in [0.25, 0.3) is 0 Å².